The summed E-state index contributed by atoms with van der Waals surface area (Å²) < 4.78 is 5.48. The van der Waals surface area contributed by atoms with Crippen LogP contribution < -0.4 is 10.6 Å². The van der Waals surface area contributed by atoms with Gasteiger partial charge in [0.15, 0.2) is 0 Å². The predicted molar refractivity (Wildman–Crippen MR) is 80.0 cm³/mol. The lowest BCUT2D eigenvalue weighted by atomic mass is 10.1. The predicted octanol–water partition coefficient (Wildman–Crippen LogP) is 1.57. The first-order valence-corrected chi connectivity index (χ1v) is 7.89. The first kappa shape index (κ1) is 15.4. The Morgan fingerprint density at radius 1 is 1.60 bits per heavy atom. The van der Waals surface area contributed by atoms with Gasteiger partial charge in [-0.15, -0.1) is 11.3 Å². The van der Waals surface area contributed by atoms with E-state index in [2.05, 4.69) is 36.4 Å². The Kier molecular flexibility index (Phi) is 5.12. The summed E-state index contributed by atoms with van der Waals surface area (Å²) in [6.45, 7) is 10.1. The highest BCUT2D eigenvalue weighted by molar-refractivity contribution is 7.11. The average Bonchev–Trinajstić information content (AvgIpc) is 2.78. The molecule has 5 nitrogen and oxygen atoms in total. The van der Waals surface area contributed by atoms with Gasteiger partial charge in [0.1, 0.15) is 11.0 Å². The van der Waals surface area contributed by atoms with Gasteiger partial charge in [-0.2, -0.15) is 0 Å². The van der Waals surface area contributed by atoms with Crippen LogP contribution in [0.4, 0.5) is 0 Å². The number of hydrogen-bond acceptors (Lipinski definition) is 5. The normalized spacial score (nSPS) is 23.1. The van der Waals surface area contributed by atoms with Gasteiger partial charge in [0, 0.05) is 11.4 Å². The number of carbonyl (C=O) groups is 1. The quantitative estimate of drug-likeness (QED) is 0.885. The van der Waals surface area contributed by atoms with Gasteiger partial charge in [-0.25, -0.2) is 4.98 Å². The molecule has 0 aromatic carbocycles. The number of thiazole rings is 1. The molecule has 0 saturated carbocycles. The molecular formula is C14H23N3O2S. The second-order valence-corrected chi connectivity index (χ2v) is 6.72. The van der Waals surface area contributed by atoms with Gasteiger partial charge in [0.05, 0.1) is 24.9 Å². The summed E-state index contributed by atoms with van der Waals surface area (Å²) in [7, 11) is 0. The smallest absolute Gasteiger partial charge is 0.240 e. The van der Waals surface area contributed by atoms with Crippen LogP contribution in [0.25, 0.3) is 0 Å². The van der Waals surface area contributed by atoms with Crippen molar-refractivity contribution in [3.8, 4) is 0 Å². The zero-order valence-electron chi connectivity index (χ0n) is 12.5. The second-order valence-electron chi connectivity index (χ2n) is 5.43. The van der Waals surface area contributed by atoms with Gasteiger partial charge >= 0.3 is 0 Å². The summed E-state index contributed by atoms with van der Waals surface area (Å²) in [5.41, 5.74) is 1.13. The Hall–Kier alpha value is -0.980. The zero-order chi connectivity index (χ0) is 14.7. The molecule has 0 spiro atoms. The van der Waals surface area contributed by atoms with E-state index in [-0.39, 0.29) is 18.1 Å². The molecule has 1 amide bonds. The molecule has 1 saturated heterocycles. The number of amides is 1. The molecule has 20 heavy (non-hydrogen) atoms. The Labute approximate surface area is 124 Å². The Morgan fingerprint density at radius 3 is 2.95 bits per heavy atom. The van der Waals surface area contributed by atoms with Crippen LogP contribution in [0.5, 0.6) is 0 Å². The van der Waals surface area contributed by atoms with Crippen LogP contribution in [0.15, 0.2) is 0 Å². The Balaban J connectivity index is 1.91. The summed E-state index contributed by atoms with van der Waals surface area (Å²) >= 11 is 1.65. The molecule has 1 aliphatic rings. The summed E-state index contributed by atoms with van der Waals surface area (Å²) in [6, 6.07) is -0.269. The lowest BCUT2D eigenvalue weighted by Gasteiger charge is -2.29. The number of nitrogens with one attached hydrogen (secondary N) is 2. The minimum atomic E-state index is -0.269. The minimum Gasteiger partial charge on any atom is -0.375 e. The highest BCUT2D eigenvalue weighted by Crippen LogP contribution is 2.23. The number of morpholine rings is 1. The molecule has 0 unspecified atom stereocenters. The van der Waals surface area contributed by atoms with Crippen LogP contribution in [-0.2, 0) is 16.1 Å². The van der Waals surface area contributed by atoms with E-state index in [0.29, 0.717) is 19.1 Å². The summed E-state index contributed by atoms with van der Waals surface area (Å²) in [5, 5.41) is 7.09. The fraction of sp³-hybridized carbons (Fsp3) is 0.714. The number of ether oxygens (including phenoxy) is 1. The highest BCUT2D eigenvalue weighted by atomic mass is 32.1. The molecule has 1 fully saturated rings. The number of hydrogen-bond donors (Lipinski definition) is 2. The molecule has 0 radical (unpaired) electrons. The molecule has 112 valence electrons. The minimum absolute atomic E-state index is 0.0175. The van der Waals surface area contributed by atoms with Crippen molar-refractivity contribution in [3.63, 3.8) is 0 Å². The van der Waals surface area contributed by atoms with Crippen molar-refractivity contribution in [2.45, 2.75) is 52.3 Å². The maximum Gasteiger partial charge on any atom is 0.240 e. The third-order valence-electron chi connectivity index (χ3n) is 3.44. The van der Waals surface area contributed by atoms with Crippen LogP contribution in [0.2, 0.25) is 0 Å². The Morgan fingerprint density at radius 2 is 2.35 bits per heavy atom. The number of nitrogens with zero attached hydrogens (tertiary/aromatic N) is 1. The van der Waals surface area contributed by atoms with Crippen LogP contribution in [-0.4, -0.2) is 36.2 Å². The second kappa shape index (κ2) is 6.65. The molecular weight excluding hydrogens is 274 g/mol. The van der Waals surface area contributed by atoms with Gasteiger partial charge in [-0.1, -0.05) is 13.8 Å². The van der Waals surface area contributed by atoms with E-state index in [4.69, 9.17) is 4.74 Å². The van der Waals surface area contributed by atoms with Gasteiger partial charge in [-0.3, -0.25) is 4.79 Å². The molecule has 0 bridgehead atoms. The van der Waals surface area contributed by atoms with Crippen LogP contribution in [0, 0.1) is 6.92 Å². The SMILES string of the molecule is Cc1sc(CNC(=O)[C@H]2NCCO[C@@H]2C)nc1C(C)C. The molecule has 2 atom stereocenters. The van der Waals surface area contributed by atoms with Crippen LogP contribution >= 0.6 is 11.3 Å². The summed E-state index contributed by atoms with van der Waals surface area (Å²) in [6.07, 6.45) is -0.0898. The molecule has 1 aromatic rings. The summed E-state index contributed by atoms with van der Waals surface area (Å²) in [4.78, 5) is 18.0. The molecule has 6 heteroatoms. The molecule has 1 aromatic heterocycles. The third kappa shape index (κ3) is 3.56. The zero-order valence-corrected chi connectivity index (χ0v) is 13.3. The lowest BCUT2D eigenvalue weighted by molar-refractivity contribution is -0.129. The molecule has 1 aliphatic heterocycles. The van der Waals surface area contributed by atoms with E-state index < -0.39 is 0 Å². The third-order valence-corrected chi connectivity index (χ3v) is 4.42. The number of aryl methyl sites for hydroxylation is 1. The molecule has 0 aliphatic carbocycles. The number of carbonyl (C=O) groups excluding carboxylic acids is 1. The van der Waals surface area contributed by atoms with E-state index in [9.17, 15) is 4.79 Å². The van der Waals surface area contributed by atoms with Crippen molar-refractivity contribution in [2.24, 2.45) is 0 Å². The average molecular weight is 297 g/mol. The molecule has 2 rings (SSSR count). The summed E-state index contributed by atoms with van der Waals surface area (Å²) in [5.74, 6) is 0.403. The maximum atomic E-state index is 12.1. The van der Waals surface area contributed by atoms with Crippen LogP contribution in [0.3, 0.4) is 0 Å². The fourth-order valence-corrected chi connectivity index (χ4v) is 3.40. The van der Waals surface area contributed by atoms with E-state index in [1.54, 1.807) is 11.3 Å². The van der Waals surface area contributed by atoms with E-state index in [1.807, 2.05) is 6.92 Å². The molecule has 2 heterocycles. The van der Waals surface area contributed by atoms with E-state index in [0.717, 1.165) is 17.2 Å². The van der Waals surface area contributed by atoms with Crippen molar-refractivity contribution < 1.29 is 9.53 Å². The monoisotopic (exact) mass is 297 g/mol. The van der Waals surface area contributed by atoms with Crippen molar-refractivity contribution in [2.75, 3.05) is 13.2 Å². The van der Waals surface area contributed by atoms with Crippen molar-refractivity contribution in [3.05, 3.63) is 15.6 Å². The number of rotatable bonds is 4. The Bertz CT molecular complexity index is 473. The topological polar surface area (TPSA) is 63.2 Å². The first-order valence-electron chi connectivity index (χ1n) is 7.08. The largest absolute Gasteiger partial charge is 0.375 e. The lowest BCUT2D eigenvalue weighted by Crippen LogP contribution is -2.55. The van der Waals surface area contributed by atoms with Crippen LogP contribution in [0.1, 0.15) is 42.3 Å². The van der Waals surface area contributed by atoms with E-state index >= 15 is 0 Å². The van der Waals surface area contributed by atoms with Crippen molar-refractivity contribution in [1.29, 1.82) is 0 Å². The van der Waals surface area contributed by atoms with E-state index in [1.165, 1.54) is 4.88 Å². The van der Waals surface area contributed by atoms with Gasteiger partial charge in [-0.05, 0) is 19.8 Å². The van der Waals surface area contributed by atoms with Crippen molar-refractivity contribution in [1.82, 2.24) is 15.6 Å². The number of aromatic nitrogens is 1. The van der Waals surface area contributed by atoms with Crippen molar-refractivity contribution >= 4 is 17.2 Å². The standard InChI is InChI=1S/C14H23N3O2S/c1-8(2)12-10(4)20-11(17-12)7-16-14(18)13-9(3)19-6-5-15-13/h8-9,13,15H,5-7H2,1-4H3,(H,16,18)/t9-,13+/m1/s1. The van der Waals surface area contributed by atoms with Gasteiger partial charge < -0.3 is 15.4 Å². The van der Waals surface area contributed by atoms with Gasteiger partial charge in [0.2, 0.25) is 5.91 Å². The maximum absolute atomic E-state index is 12.1. The van der Waals surface area contributed by atoms with Gasteiger partial charge in [0.25, 0.3) is 0 Å². The first-order chi connectivity index (χ1) is 9.49. The highest BCUT2D eigenvalue weighted by Gasteiger charge is 2.28. The molecule has 2 N–H and O–H groups in total. The fourth-order valence-electron chi connectivity index (χ4n) is 2.38.